The summed E-state index contributed by atoms with van der Waals surface area (Å²) in [5.41, 5.74) is 4.03. The Morgan fingerprint density at radius 3 is 2.33 bits per heavy atom. The lowest BCUT2D eigenvalue weighted by Crippen LogP contribution is -2.24. The number of fused-ring (bicyclic) bond motifs is 1. The minimum absolute atomic E-state index is 0.0397. The van der Waals surface area contributed by atoms with Crippen molar-refractivity contribution in [3.05, 3.63) is 35.5 Å². The highest BCUT2D eigenvalue weighted by atomic mass is 16.5. The highest BCUT2D eigenvalue weighted by Crippen LogP contribution is 2.33. The number of ether oxygens (including phenoxy) is 2. The van der Waals surface area contributed by atoms with Crippen molar-refractivity contribution in [3.8, 4) is 0 Å². The predicted molar refractivity (Wildman–Crippen MR) is 102 cm³/mol. The van der Waals surface area contributed by atoms with Gasteiger partial charge < -0.3 is 14.5 Å². The molecule has 3 nitrogen and oxygen atoms in total. The zero-order chi connectivity index (χ0) is 17.8. The van der Waals surface area contributed by atoms with Crippen LogP contribution in [-0.4, -0.2) is 25.3 Å². The SMILES string of the molecule is CCC(C)(CC)c1ccc2[nH]c(COCC(C)(C)COC)cc2c1. The monoisotopic (exact) mass is 331 g/mol. The van der Waals surface area contributed by atoms with E-state index in [-0.39, 0.29) is 10.8 Å². The van der Waals surface area contributed by atoms with Crippen LogP contribution in [0.15, 0.2) is 24.3 Å². The second kappa shape index (κ2) is 7.71. The van der Waals surface area contributed by atoms with E-state index in [9.17, 15) is 0 Å². The van der Waals surface area contributed by atoms with Gasteiger partial charge in [-0.15, -0.1) is 0 Å². The van der Waals surface area contributed by atoms with Crippen LogP contribution in [0, 0.1) is 5.41 Å². The predicted octanol–water partition coefficient (Wildman–Crippen LogP) is 5.43. The molecular weight excluding hydrogens is 298 g/mol. The number of aromatic amines is 1. The molecule has 0 atom stereocenters. The lowest BCUT2D eigenvalue weighted by molar-refractivity contribution is 0.00500. The van der Waals surface area contributed by atoms with Crippen LogP contribution in [-0.2, 0) is 21.5 Å². The summed E-state index contributed by atoms with van der Waals surface area (Å²) >= 11 is 0. The molecular formula is C21H33NO2. The second-order valence-corrected chi connectivity index (χ2v) is 7.95. The van der Waals surface area contributed by atoms with Crippen LogP contribution in [0.5, 0.6) is 0 Å². The summed E-state index contributed by atoms with van der Waals surface area (Å²) in [5.74, 6) is 0. The third-order valence-electron chi connectivity index (χ3n) is 5.22. The number of hydrogen-bond donors (Lipinski definition) is 1. The summed E-state index contributed by atoms with van der Waals surface area (Å²) in [7, 11) is 1.73. The average molecular weight is 332 g/mol. The minimum Gasteiger partial charge on any atom is -0.384 e. The average Bonchev–Trinajstić information content (AvgIpc) is 2.95. The molecule has 0 aliphatic carbocycles. The van der Waals surface area contributed by atoms with Crippen molar-refractivity contribution < 1.29 is 9.47 Å². The van der Waals surface area contributed by atoms with Gasteiger partial charge >= 0.3 is 0 Å². The van der Waals surface area contributed by atoms with E-state index in [1.54, 1.807) is 7.11 Å². The molecule has 0 aliphatic rings. The minimum atomic E-state index is 0.0397. The van der Waals surface area contributed by atoms with Gasteiger partial charge in [-0.1, -0.05) is 40.7 Å². The van der Waals surface area contributed by atoms with E-state index >= 15 is 0 Å². The Kier molecular flexibility index (Phi) is 6.11. The molecule has 24 heavy (non-hydrogen) atoms. The first-order valence-corrected chi connectivity index (χ1v) is 9.02. The van der Waals surface area contributed by atoms with Crippen molar-refractivity contribution in [2.24, 2.45) is 5.41 Å². The molecule has 2 rings (SSSR count). The zero-order valence-corrected chi connectivity index (χ0v) is 16.2. The lowest BCUT2D eigenvalue weighted by Gasteiger charge is -2.27. The first-order chi connectivity index (χ1) is 11.3. The topological polar surface area (TPSA) is 34.2 Å². The van der Waals surface area contributed by atoms with Gasteiger partial charge in [-0.05, 0) is 42.0 Å². The number of methoxy groups -OCH3 is 1. The molecule has 0 saturated heterocycles. The first-order valence-electron chi connectivity index (χ1n) is 9.02. The molecule has 0 unspecified atom stereocenters. The number of rotatable bonds is 9. The van der Waals surface area contributed by atoms with Crippen LogP contribution in [0.3, 0.4) is 0 Å². The Labute approximate surface area is 146 Å². The van der Waals surface area contributed by atoms with Crippen LogP contribution >= 0.6 is 0 Å². The van der Waals surface area contributed by atoms with Gasteiger partial charge in [0.25, 0.3) is 0 Å². The van der Waals surface area contributed by atoms with Crippen LogP contribution in [0.2, 0.25) is 0 Å². The Hall–Kier alpha value is -1.32. The lowest BCUT2D eigenvalue weighted by atomic mass is 9.77. The number of hydrogen-bond acceptors (Lipinski definition) is 2. The molecule has 3 heteroatoms. The normalized spacial score (nSPS) is 12.9. The fraction of sp³-hybridized carbons (Fsp3) is 0.619. The molecule has 0 amide bonds. The van der Waals surface area contributed by atoms with E-state index in [2.05, 4.69) is 63.9 Å². The van der Waals surface area contributed by atoms with Crippen molar-refractivity contribution in [1.82, 2.24) is 4.98 Å². The molecule has 0 radical (unpaired) electrons. The van der Waals surface area contributed by atoms with E-state index in [4.69, 9.17) is 9.47 Å². The van der Waals surface area contributed by atoms with Gasteiger partial charge in [0.2, 0.25) is 0 Å². The maximum Gasteiger partial charge on any atom is 0.0866 e. The summed E-state index contributed by atoms with van der Waals surface area (Å²) in [6.07, 6.45) is 2.31. The number of benzene rings is 1. The summed E-state index contributed by atoms with van der Waals surface area (Å²) in [6, 6.07) is 9.01. The van der Waals surface area contributed by atoms with Crippen LogP contribution < -0.4 is 0 Å². The molecule has 1 heterocycles. The molecule has 134 valence electrons. The van der Waals surface area contributed by atoms with Gasteiger partial charge in [-0.3, -0.25) is 0 Å². The molecule has 1 aromatic heterocycles. The Morgan fingerprint density at radius 1 is 1.00 bits per heavy atom. The van der Waals surface area contributed by atoms with Crippen molar-refractivity contribution in [3.63, 3.8) is 0 Å². The maximum absolute atomic E-state index is 5.90. The molecule has 2 aromatic rings. The van der Waals surface area contributed by atoms with Crippen LogP contribution in [0.25, 0.3) is 10.9 Å². The number of aromatic nitrogens is 1. The van der Waals surface area contributed by atoms with Crippen LogP contribution in [0.1, 0.15) is 58.7 Å². The van der Waals surface area contributed by atoms with E-state index < -0.39 is 0 Å². The van der Waals surface area contributed by atoms with E-state index in [1.165, 1.54) is 16.5 Å². The zero-order valence-electron chi connectivity index (χ0n) is 16.2. The van der Waals surface area contributed by atoms with Crippen molar-refractivity contribution >= 4 is 10.9 Å². The third kappa shape index (κ3) is 4.40. The molecule has 1 aromatic carbocycles. The Bertz CT molecular complexity index is 653. The van der Waals surface area contributed by atoms with Gasteiger partial charge in [-0.25, -0.2) is 0 Å². The standard InChI is InChI=1S/C21H33NO2/c1-7-21(5,8-2)17-9-10-19-16(11-17)12-18(22-19)13-24-15-20(3,4)14-23-6/h9-12,22H,7-8,13-15H2,1-6H3. The van der Waals surface area contributed by atoms with Gasteiger partial charge in [0.15, 0.2) is 0 Å². The number of H-pyrrole nitrogens is 1. The fourth-order valence-electron chi connectivity index (χ4n) is 3.17. The molecule has 1 N–H and O–H groups in total. The van der Waals surface area contributed by atoms with Gasteiger partial charge in [0, 0.05) is 29.1 Å². The van der Waals surface area contributed by atoms with Crippen molar-refractivity contribution in [1.29, 1.82) is 0 Å². The quantitative estimate of drug-likeness (QED) is 0.664. The smallest absolute Gasteiger partial charge is 0.0866 e. The van der Waals surface area contributed by atoms with Crippen molar-refractivity contribution in [2.45, 2.75) is 59.5 Å². The molecule has 0 saturated carbocycles. The highest BCUT2D eigenvalue weighted by molar-refractivity contribution is 5.81. The van der Waals surface area contributed by atoms with E-state index in [0.717, 1.165) is 18.5 Å². The van der Waals surface area contributed by atoms with E-state index in [0.29, 0.717) is 19.8 Å². The third-order valence-corrected chi connectivity index (χ3v) is 5.22. The van der Waals surface area contributed by atoms with Gasteiger partial charge in [0.1, 0.15) is 0 Å². The van der Waals surface area contributed by atoms with Gasteiger partial charge in [-0.2, -0.15) is 0 Å². The Morgan fingerprint density at radius 2 is 1.71 bits per heavy atom. The summed E-state index contributed by atoms with van der Waals surface area (Å²) in [4.78, 5) is 3.47. The molecule has 0 aliphatic heterocycles. The van der Waals surface area contributed by atoms with E-state index in [1.807, 2.05) is 0 Å². The summed E-state index contributed by atoms with van der Waals surface area (Å²) in [6.45, 7) is 13.2. The van der Waals surface area contributed by atoms with Gasteiger partial charge in [0.05, 0.1) is 19.8 Å². The van der Waals surface area contributed by atoms with Crippen LogP contribution in [0.4, 0.5) is 0 Å². The summed E-state index contributed by atoms with van der Waals surface area (Å²) in [5, 5.41) is 1.27. The number of nitrogens with one attached hydrogen (secondary N) is 1. The Balaban J connectivity index is 2.09. The summed E-state index contributed by atoms with van der Waals surface area (Å²) < 4.78 is 11.1. The largest absolute Gasteiger partial charge is 0.384 e. The fourth-order valence-corrected chi connectivity index (χ4v) is 3.17. The highest BCUT2D eigenvalue weighted by Gasteiger charge is 2.22. The van der Waals surface area contributed by atoms with Crippen molar-refractivity contribution in [2.75, 3.05) is 20.3 Å². The molecule has 0 bridgehead atoms. The first kappa shape index (κ1) is 19.0. The maximum atomic E-state index is 5.90. The molecule has 0 spiro atoms. The second-order valence-electron chi connectivity index (χ2n) is 7.95. The molecule has 0 fully saturated rings.